The Kier molecular flexibility index (Phi) is 6.00. The molecule has 5 nitrogen and oxygen atoms in total. The van der Waals surface area contributed by atoms with Crippen molar-refractivity contribution in [3.8, 4) is 0 Å². The zero-order chi connectivity index (χ0) is 19.3. The van der Waals surface area contributed by atoms with Gasteiger partial charge in [-0.3, -0.25) is 14.7 Å². The molecular weight excluding hydrogens is 370 g/mol. The molecule has 0 saturated carbocycles. The van der Waals surface area contributed by atoms with E-state index in [1.54, 1.807) is 17.5 Å². The molecule has 146 valence electrons. The average Bonchev–Trinajstić information content (AvgIpc) is 3.14. The number of benzene rings is 1. The van der Waals surface area contributed by atoms with Gasteiger partial charge in [-0.15, -0.1) is 11.3 Å². The number of amides is 1. The normalized spacial score (nSPS) is 15.3. The number of aliphatic hydroxyl groups is 1. The van der Waals surface area contributed by atoms with E-state index in [1.807, 2.05) is 12.3 Å². The summed E-state index contributed by atoms with van der Waals surface area (Å²) in [7, 11) is 0. The maximum atomic E-state index is 12.1. The van der Waals surface area contributed by atoms with Crippen molar-refractivity contribution in [1.82, 2.24) is 15.2 Å². The van der Waals surface area contributed by atoms with Crippen LogP contribution in [0.4, 0.5) is 0 Å². The number of aliphatic hydroxyl groups excluding tert-OH is 1. The fourth-order valence-corrected chi connectivity index (χ4v) is 4.72. The number of aryl methyl sites for hydroxylation is 1. The molecule has 2 aromatic heterocycles. The van der Waals surface area contributed by atoms with Crippen LogP contribution in [0.15, 0.2) is 48.8 Å². The molecule has 1 amide bonds. The quantitative estimate of drug-likeness (QED) is 0.646. The second-order valence-electron chi connectivity index (χ2n) is 7.34. The summed E-state index contributed by atoms with van der Waals surface area (Å²) in [6, 6.07) is 12.6. The van der Waals surface area contributed by atoms with Crippen LogP contribution in [0, 0.1) is 0 Å². The lowest BCUT2D eigenvalue weighted by Gasteiger charge is -2.30. The lowest BCUT2D eigenvalue weighted by molar-refractivity contribution is -0.121. The van der Waals surface area contributed by atoms with Crippen molar-refractivity contribution in [3.63, 3.8) is 0 Å². The predicted octanol–water partition coefficient (Wildman–Crippen LogP) is 2.76. The number of nitrogens with one attached hydrogen (secondary N) is 1. The number of β-amino-alcohol motifs (C(OH)–C–C–N with tert-alkyl or cyclic N) is 1. The zero-order valence-corrected chi connectivity index (χ0v) is 16.6. The fraction of sp³-hybridized carbons (Fsp3) is 0.364. The van der Waals surface area contributed by atoms with Gasteiger partial charge < -0.3 is 10.4 Å². The summed E-state index contributed by atoms with van der Waals surface area (Å²) < 4.78 is 1.15. The molecule has 0 radical (unpaired) electrons. The van der Waals surface area contributed by atoms with Crippen LogP contribution in [-0.4, -0.2) is 46.6 Å². The van der Waals surface area contributed by atoms with E-state index < -0.39 is 6.10 Å². The molecule has 0 spiro atoms. The van der Waals surface area contributed by atoms with Gasteiger partial charge in [-0.25, -0.2) is 0 Å². The Morgan fingerprint density at radius 1 is 1.29 bits per heavy atom. The Bertz CT molecular complexity index is 923. The first-order valence-electron chi connectivity index (χ1n) is 9.74. The summed E-state index contributed by atoms with van der Waals surface area (Å²) >= 11 is 1.68. The molecular formula is C22H25N3O2S. The second-order valence-corrected chi connectivity index (χ2v) is 8.51. The number of carbonyl (C=O) groups excluding carboxylic acids is 1. The van der Waals surface area contributed by atoms with E-state index in [9.17, 15) is 9.90 Å². The van der Waals surface area contributed by atoms with E-state index in [1.165, 1.54) is 21.4 Å². The number of hydrogen-bond donors (Lipinski definition) is 2. The number of carbonyl (C=O) groups is 1. The fourth-order valence-electron chi connectivity index (χ4n) is 3.69. The van der Waals surface area contributed by atoms with Crippen molar-refractivity contribution in [1.29, 1.82) is 0 Å². The van der Waals surface area contributed by atoms with Crippen molar-refractivity contribution in [2.45, 2.75) is 31.9 Å². The van der Waals surface area contributed by atoms with E-state index in [0.29, 0.717) is 25.9 Å². The van der Waals surface area contributed by atoms with Crippen molar-refractivity contribution >= 4 is 27.3 Å². The smallest absolute Gasteiger partial charge is 0.220 e. The van der Waals surface area contributed by atoms with E-state index in [-0.39, 0.29) is 5.91 Å². The highest BCUT2D eigenvalue weighted by atomic mass is 32.1. The van der Waals surface area contributed by atoms with Crippen molar-refractivity contribution in [2.75, 3.05) is 19.6 Å². The van der Waals surface area contributed by atoms with Crippen LogP contribution < -0.4 is 5.32 Å². The summed E-state index contributed by atoms with van der Waals surface area (Å²) in [6.07, 6.45) is 5.26. The molecule has 0 fully saturated rings. The largest absolute Gasteiger partial charge is 0.390 e. The molecule has 6 heteroatoms. The minimum atomic E-state index is -0.551. The van der Waals surface area contributed by atoms with Crippen LogP contribution in [0.1, 0.15) is 22.4 Å². The van der Waals surface area contributed by atoms with Crippen molar-refractivity contribution < 1.29 is 9.90 Å². The van der Waals surface area contributed by atoms with Gasteiger partial charge in [0, 0.05) is 49.9 Å². The number of nitrogens with zero attached hydrogens (tertiary/aromatic N) is 2. The molecule has 0 bridgehead atoms. The standard InChI is InChI=1S/C22H25N3O2S/c26-19(15-25-10-8-16-3-1-2-4-18(16)14-25)12-24-22(27)6-5-20-11-17-7-9-23-13-21(17)28-20/h1-4,7,9,11,13,19,26H,5-6,8,10,12,14-15H2,(H,24,27)/t19-/m0/s1. The van der Waals surface area contributed by atoms with Crippen molar-refractivity contribution in [3.05, 3.63) is 64.8 Å². The number of hydrogen-bond acceptors (Lipinski definition) is 5. The van der Waals surface area contributed by atoms with E-state index in [0.717, 1.165) is 24.2 Å². The number of thiophene rings is 1. The van der Waals surface area contributed by atoms with Crippen LogP contribution in [0.5, 0.6) is 0 Å². The third-order valence-corrected chi connectivity index (χ3v) is 6.33. The first-order chi connectivity index (χ1) is 13.7. The summed E-state index contributed by atoms with van der Waals surface area (Å²) in [5.74, 6) is -0.0152. The summed E-state index contributed by atoms with van der Waals surface area (Å²) in [4.78, 5) is 19.7. The molecule has 4 rings (SSSR count). The minimum absolute atomic E-state index is 0.0152. The maximum Gasteiger partial charge on any atom is 0.220 e. The zero-order valence-electron chi connectivity index (χ0n) is 15.8. The SMILES string of the molecule is O=C(CCc1cc2ccncc2s1)NC[C@H](O)CN1CCc2ccccc2C1. The molecule has 0 aliphatic carbocycles. The van der Waals surface area contributed by atoms with Gasteiger partial charge in [-0.1, -0.05) is 24.3 Å². The second kappa shape index (κ2) is 8.82. The van der Waals surface area contributed by atoms with Crippen LogP contribution in [-0.2, 0) is 24.2 Å². The summed E-state index contributed by atoms with van der Waals surface area (Å²) in [5.41, 5.74) is 2.74. The Morgan fingerprint density at radius 3 is 3.00 bits per heavy atom. The van der Waals surface area contributed by atoms with Gasteiger partial charge in [0.15, 0.2) is 0 Å². The molecule has 2 N–H and O–H groups in total. The summed E-state index contributed by atoms with van der Waals surface area (Å²) in [6.45, 7) is 2.69. The van der Waals surface area contributed by atoms with E-state index in [4.69, 9.17) is 0 Å². The first-order valence-corrected chi connectivity index (χ1v) is 10.6. The molecule has 0 saturated heterocycles. The van der Waals surface area contributed by atoms with Gasteiger partial charge in [0.05, 0.1) is 10.8 Å². The van der Waals surface area contributed by atoms with Gasteiger partial charge in [0.25, 0.3) is 0 Å². The Balaban J connectivity index is 1.19. The third-order valence-electron chi connectivity index (χ3n) is 5.19. The van der Waals surface area contributed by atoms with Gasteiger partial charge in [0.1, 0.15) is 0 Å². The Labute approximate surface area is 169 Å². The molecule has 1 aliphatic heterocycles. The highest BCUT2D eigenvalue weighted by molar-refractivity contribution is 7.19. The van der Waals surface area contributed by atoms with Gasteiger partial charge >= 0.3 is 0 Å². The molecule has 28 heavy (non-hydrogen) atoms. The van der Waals surface area contributed by atoms with E-state index >= 15 is 0 Å². The molecule has 3 aromatic rings. The number of fused-ring (bicyclic) bond motifs is 2. The van der Waals surface area contributed by atoms with Crippen molar-refractivity contribution in [2.24, 2.45) is 0 Å². The highest BCUT2D eigenvalue weighted by Gasteiger charge is 2.18. The molecule has 1 aromatic carbocycles. The predicted molar refractivity (Wildman–Crippen MR) is 112 cm³/mol. The molecule has 3 heterocycles. The lowest BCUT2D eigenvalue weighted by Crippen LogP contribution is -2.42. The van der Waals surface area contributed by atoms with Crippen LogP contribution in [0.3, 0.4) is 0 Å². The lowest BCUT2D eigenvalue weighted by atomic mass is 10.00. The third kappa shape index (κ3) is 4.76. The minimum Gasteiger partial charge on any atom is -0.390 e. The molecule has 1 aliphatic rings. The van der Waals surface area contributed by atoms with Crippen LogP contribution in [0.2, 0.25) is 0 Å². The van der Waals surface area contributed by atoms with Crippen LogP contribution in [0.25, 0.3) is 10.1 Å². The first kappa shape index (κ1) is 19.1. The number of aromatic nitrogens is 1. The number of pyridine rings is 1. The average molecular weight is 396 g/mol. The van der Waals surface area contributed by atoms with Gasteiger partial charge in [0.2, 0.25) is 5.91 Å². The maximum absolute atomic E-state index is 12.1. The Morgan fingerprint density at radius 2 is 2.14 bits per heavy atom. The topological polar surface area (TPSA) is 65.5 Å². The summed E-state index contributed by atoms with van der Waals surface area (Å²) in [5, 5.41) is 14.4. The highest BCUT2D eigenvalue weighted by Crippen LogP contribution is 2.25. The van der Waals surface area contributed by atoms with Gasteiger partial charge in [-0.05, 0) is 41.5 Å². The molecule has 0 unspecified atom stereocenters. The van der Waals surface area contributed by atoms with Crippen LogP contribution >= 0.6 is 11.3 Å². The van der Waals surface area contributed by atoms with Gasteiger partial charge in [-0.2, -0.15) is 0 Å². The molecule has 1 atom stereocenters. The monoisotopic (exact) mass is 395 g/mol. The van der Waals surface area contributed by atoms with E-state index in [2.05, 4.69) is 45.5 Å². The Hall–Kier alpha value is -2.28. The number of rotatable bonds is 7.